The molecule has 1 aromatic rings. The Labute approximate surface area is 153 Å². The number of halogens is 1. The highest BCUT2D eigenvalue weighted by atomic mass is 32.2. The van der Waals surface area contributed by atoms with E-state index < -0.39 is 39.9 Å². The normalized spacial score (nSPS) is 23.9. The Bertz CT molecular complexity index is 812. The molecule has 2 aliphatic rings. The summed E-state index contributed by atoms with van der Waals surface area (Å²) < 4.78 is 40.9. The first-order valence-corrected chi connectivity index (χ1v) is 10.0. The molecule has 3 rings (SSSR count). The number of piperidine rings is 1. The summed E-state index contributed by atoms with van der Waals surface area (Å²) in [5, 5.41) is 10.3. The summed E-state index contributed by atoms with van der Waals surface area (Å²) in [6.45, 7) is 7.53. The van der Waals surface area contributed by atoms with Crippen LogP contribution in [0.5, 0.6) is 5.75 Å². The van der Waals surface area contributed by atoms with E-state index in [4.69, 9.17) is 0 Å². The van der Waals surface area contributed by atoms with Crippen LogP contribution >= 0.6 is 0 Å². The third kappa shape index (κ3) is 3.50. The number of likely N-dealkylation sites (tertiary alicyclic amines) is 1. The molecule has 0 radical (unpaired) electrons. The Balaban J connectivity index is 1.92. The van der Waals surface area contributed by atoms with Crippen molar-refractivity contribution in [2.75, 3.05) is 23.9 Å². The van der Waals surface area contributed by atoms with Crippen LogP contribution in [0.1, 0.15) is 45.1 Å². The molecule has 2 aliphatic heterocycles. The fourth-order valence-electron chi connectivity index (χ4n) is 3.59. The summed E-state index contributed by atoms with van der Waals surface area (Å²) in [5.74, 6) is -2.05. The van der Waals surface area contributed by atoms with E-state index >= 15 is 0 Å². The number of hydrogen-bond donors (Lipinski definition) is 2. The number of benzene rings is 1. The van der Waals surface area contributed by atoms with E-state index in [1.54, 1.807) is 4.72 Å². The van der Waals surface area contributed by atoms with Crippen LogP contribution in [-0.2, 0) is 15.0 Å². The highest BCUT2D eigenvalue weighted by Gasteiger charge is 2.38. The van der Waals surface area contributed by atoms with E-state index in [9.17, 15) is 22.7 Å². The van der Waals surface area contributed by atoms with Crippen molar-refractivity contribution in [3.63, 3.8) is 0 Å². The molecule has 2 saturated heterocycles. The highest BCUT2D eigenvalue weighted by molar-refractivity contribution is 7.92. The minimum absolute atomic E-state index is 0.00510. The monoisotopic (exact) mass is 385 g/mol. The summed E-state index contributed by atoms with van der Waals surface area (Å²) >= 11 is 0. The number of carbonyl (C=O) groups excluding carboxylic acids is 1. The van der Waals surface area contributed by atoms with Gasteiger partial charge in [-0.05, 0) is 63.8 Å². The molecule has 0 aromatic heterocycles. The molecule has 9 heteroatoms. The molecule has 26 heavy (non-hydrogen) atoms. The van der Waals surface area contributed by atoms with Gasteiger partial charge in [-0.1, -0.05) is 0 Å². The zero-order valence-corrected chi connectivity index (χ0v) is 15.9. The quantitative estimate of drug-likeness (QED) is 0.809. The lowest BCUT2D eigenvalue weighted by Crippen LogP contribution is -2.46. The van der Waals surface area contributed by atoms with Crippen LogP contribution in [0.4, 0.5) is 10.1 Å². The van der Waals surface area contributed by atoms with Crippen LogP contribution in [-0.4, -0.2) is 49.5 Å². The van der Waals surface area contributed by atoms with Gasteiger partial charge in [0.15, 0.2) is 5.82 Å². The molecule has 0 bridgehead atoms. The second-order valence-electron chi connectivity index (χ2n) is 7.86. The maximum atomic E-state index is 14.7. The van der Waals surface area contributed by atoms with Crippen molar-refractivity contribution in [3.8, 4) is 5.75 Å². The van der Waals surface area contributed by atoms with Crippen molar-refractivity contribution in [2.24, 2.45) is 0 Å². The molecule has 144 valence electrons. The largest absolute Gasteiger partial charge is 0.506 e. The maximum Gasteiger partial charge on any atom is 0.326 e. The van der Waals surface area contributed by atoms with Crippen molar-refractivity contribution in [2.45, 2.75) is 45.1 Å². The van der Waals surface area contributed by atoms with Gasteiger partial charge in [0.05, 0.1) is 0 Å². The van der Waals surface area contributed by atoms with Gasteiger partial charge in [-0.2, -0.15) is 8.42 Å². The Morgan fingerprint density at radius 2 is 2.00 bits per heavy atom. The van der Waals surface area contributed by atoms with E-state index in [-0.39, 0.29) is 11.5 Å². The van der Waals surface area contributed by atoms with Crippen LogP contribution in [0.3, 0.4) is 0 Å². The Morgan fingerprint density at radius 1 is 1.31 bits per heavy atom. The molecule has 2 N–H and O–H groups in total. The summed E-state index contributed by atoms with van der Waals surface area (Å²) in [6.07, 6.45) is 1.83. The van der Waals surface area contributed by atoms with Crippen molar-refractivity contribution in [1.29, 1.82) is 0 Å². The number of phenols is 1. The lowest BCUT2D eigenvalue weighted by Gasteiger charge is -2.41. The zero-order chi connectivity index (χ0) is 19.3. The number of amides is 1. The number of nitrogens with zero attached hydrogens (tertiary/aromatic N) is 2. The second kappa shape index (κ2) is 6.38. The van der Waals surface area contributed by atoms with E-state index in [0.29, 0.717) is 9.87 Å². The molecular weight excluding hydrogens is 361 g/mol. The molecule has 0 aliphatic carbocycles. The van der Waals surface area contributed by atoms with Crippen molar-refractivity contribution in [3.05, 3.63) is 23.5 Å². The van der Waals surface area contributed by atoms with Crippen LogP contribution in [0, 0.1) is 5.82 Å². The Kier molecular flexibility index (Phi) is 4.64. The summed E-state index contributed by atoms with van der Waals surface area (Å²) in [6, 6.07) is 2.68. The standard InChI is InChI=1S/C17H24FN3O4S/c1-17(2,3)20-6-4-5-11(9-20)12-7-13(18)16(14(22)8-12)21-10-15(23)19-26(21,24)25/h7-8,11,22H,4-6,9-10H2,1-3H3,(H,19,23). The highest BCUT2D eigenvalue weighted by Crippen LogP contribution is 2.38. The van der Waals surface area contributed by atoms with Gasteiger partial charge in [-0.15, -0.1) is 0 Å². The lowest BCUT2D eigenvalue weighted by atomic mass is 9.88. The minimum atomic E-state index is -4.17. The molecular formula is C17H24FN3O4S. The molecule has 1 amide bonds. The van der Waals surface area contributed by atoms with Gasteiger partial charge < -0.3 is 5.11 Å². The molecule has 0 spiro atoms. The first-order valence-electron chi connectivity index (χ1n) is 8.60. The maximum absolute atomic E-state index is 14.7. The molecule has 1 aromatic carbocycles. The smallest absolute Gasteiger partial charge is 0.326 e. The average molecular weight is 385 g/mol. The van der Waals surface area contributed by atoms with E-state index in [0.717, 1.165) is 25.9 Å². The minimum Gasteiger partial charge on any atom is -0.506 e. The first-order chi connectivity index (χ1) is 12.0. The molecule has 2 heterocycles. The van der Waals surface area contributed by atoms with Gasteiger partial charge >= 0.3 is 10.2 Å². The number of nitrogens with one attached hydrogen (secondary N) is 1. The average Bonchev–Trinajstić information content (AvgIpc) is 2.78. The van der Waals surface area contributed by atoms with Crippen LogP contribution in [0.2, 0.25) is 0 Å². The van der Waals surface area contributed by atoms with Gasteiger partial charge in [0.1, 0.15) is 18.0 Å². The van der Waals surface area contributed by atoms with Crippen LogP contribution in [0.15, 0.2) is 12.1 Å². The lowest BCUT2D eigenvalue weighted by molar-refractivity contribution is -0.117. The zero-order valence-electron chi connectivity index (χ0n) is 15.1. The van der Waals surface area contributed by atoms with Crippen LogP contribution < -0.4 is 9.03 Å². The van der Waals surface area contributed by atoms with E-state index in [1.807, 2.05) is 0 Å². The van der Waals surface area contributed by atoms with Gasteiger partial charge in [-0.3, -0.25) is 9.69 Å². The first kappa shape index (κ1) is 18.9. The molecule has 2 fully saturated rings. The SMILES string of the molecule is CC(C)(C)N1CCCC(c2cc(O)c(N3CC(=O)NS3(=O)=O)c(F)c2)C1. The van der Waals surface area contributed by atoms with Crippen molar-refractivity contribution >= 4 is 21.8 Å². The topological polar surface area (TPSA) is 89.9 Å². The Hall–Kier alpha value is -1.87. The summed E-state index contributed by atoms with van der Waals surface area (Å²) in [7, 11) is -4.17. The number of carbonyl (C=O) groups is 1. The van der Waals surface area contributed by atoms with Crippen LogP contribution in [0.25, 0.3) is 0 Å². The third-order valence-corrected chi connectivity index (χ3v) is 6.35. The molecule has 1 atom stereocenters. The van der Waals surface area contributed by atoms with Crippen molar-refractivity contribution in [1.82, 2.24) is 9.62 Å². The van der Waals surface area contributed by atoms with E-state index in [1.165, 1.54) is 12.1 Å². The number of hydrogen-bond acceptors (Lipinski definition) is 5. The molecule has 7 nitrogen and oxygen atoms in total. The van der Waals surface area contributed by atoms with Gasteiger partial charge in [0.25, 0.3) is 5.91 Å². The number of anilines is 1. The molecule has 1 unspecified atom stereocenters. The summed E-state index contributed by atoms with van der Waals surface area (Å²) in [4.78, 5) is 13.7. The van der Waals surface area contributed by atoms with Gasteiger partial charge in [0.2, 0.25) is 0 Å². The van der Waals surface area contributed by atoms with Gasteiger partial charge in [0, 0.05) is 12.1 Å². The Morgan fingerprint density at radius 3 is 2.54 bits per heavy atom. The number of phenolic OH excluding ortho intramolecular Hbond substituents is 1. The van der Waals surface area contributed by atoms with Crippen molar-refractivity contribution < 1.29 is 22.7 Å². The summed E-state index contributed by atoms with van der Waals surface area (Å²) in [5.41, 5.74) is 0.138. The third-order valence-electron chi connectivity index (χ3n) is 4.98. The fraction of sp³-hybridized carbons (Fsp3) is 0.588. The van der Waals surface area contributed by atoms with E-state index in [2.05, 4.69) is 25.7 Å². The predicted octanol–water partition coefficient (Wildman–Crippen LogP) is 1.69. The number of rotatable bonds is 2. The van der Waals surface area contributed by atoms with Gasteiger partial charge in [-0.25, -0.2) is 13.4 Å². The number of aromatic hydroxyl groups is 1. The predicted molar refractivity (Wildman–Crippen MR) is 95.8 cm³/mol. The molecule has 0 saturated carbocycles. The fourth-order valence-corrected chi connectivity index (χ4v) is 4.76. The second-order valence-corrected chi connectivity index (χ2v) is 9.46.